The molecule has 8 aromatic carbocycles. The van der Waals surface area contributed by atoms with Gasteiger partial charge in [0, 0.05) is 63.1 Å². The van der Waals surface area contributed by atoms with E-state index in [1.807, 2.05) is 59.1 Å². The quantitative estimate of drug-likeness (QED) is 0.175. The second-order valence-electron chi connectivity index (χ2n) is 14.3. The van der Waals surface area contributed by atoms with Crippen LogP contribution in [0.1, 0.15) is 0 Å². The zero-order valence-corrected chi connectivity index (χ0v) is 32.1. The highest BCUT2D eigenvalue weighted by Gasteiger charge is 2.20. The molecule has 0 fully saturated rings. The fraction of sp³-hybridized carbons (Fsp3) is 0. The minimum Gasteiger partial charge on any atom is -0.308 e. The number of thiophene rings is 2. The third kappa shape index (κ3) is 5.08. The van der Waals surface area contributed by atoms with E-state index < -0.39 is 0 Å². The number of fused-ring (bicyclic) bond motifs is 9. The molecule has 12 rings (SSSR count). The molecule has 0 saturated carbocycles. The SMILES string of the molecule is c1ccc(-c2nc(-c3ccccc3)nc(-c3cccc4c3sc3c(-c5ccc6c(c5)sc5c(-n7c8ccccc8c8ccccc87)cccc56)cccc34)n2)cc1. The molecule has 4 heterocycles. The fourth-order valence-corrected chi connectivity index (χ4v) is 11.1. The molecule has 0 aliphatic carbocycles. The van der Waals surface area contributed by atoms with E-state index >= 15 is 0 Å². The van der Waals surface area contributed by atoms with Gasteiger partial charge in [-0.05, 0) is 41.5 Å². The van der Waals surface area contributed by atoms with Crippen LogP contribution in [0.2, 0.25) is 0 Å². The highest BCUT2D eigenvalue weighted by Crippen LogP contribution is 2.46. The van der Waals surface area contributed by atoms with Crippen molar-refractivity contribution in [2.45, 2.75) is 0 Å². The van der Waals surface area contributed by atoms with Gasteiger partial charge in [0.1, 0.15) is 0 Å². The molecule has 0 bridgehead atoms. The Morgan fingerprint density at radius 2 is 0.842 bits per heavy atom. The van der Waals surface area contributed by atoms with Gasteiger partial charge in [0.05, 0.1) is 21.4 Å². The topological polar surface area (TPSA) is 43.6 Å². The largest absolute Gasteiger partial charge is 0.308 e. The second kappa shape index (κ2) is 12.8. The average molecular weight is 763 g/mol. The number of nitrogens with zero attached hydrogens (tertiary/aromatic N) is 4. The summed E-state index contributed by atoms with van der Waals surface area (Å²) >= 11 is 3.70. The first kappa shape index (κ1) is 32.3. The molecule has 0 unspecified atom stereocenters. The molecule has 0 radical (unpaired) electrons. The van der Waals surface area contributed by atoms with Crippen molar-refractivity contribution in [2.24, 2.45) is 0 Å². The van der Waals surface area contributed by atoms with Crippen LogP contribution >= 0.6 is 22.7 Å². The van der Waals surface area contributed by atoms with E-state index in [4.69, 9.17) is 15.0 Å². The molecule has 0 saturated heterocycles. The van der Waals surface area contributed by atoms with E-state index in [0.29, 0.717) is 17.5 Å². The van der Waals surface area contributed by atoms with Crippen LogP contribution in [0.5, 0.6) is 0 Å². The number of rotatable bonds is 5. The summed E-state index contributed by atoms with van der Waals surface area (Å²) in [6, 6.07) is 64.8. The van der Waals surface area contributed by atoms with E-state index in [9.17, 15) is 0 Å². The van der Waals surface area contributed by atoms with E-state index in [1.54, 1.807) is 0 Å². The molecule has 0 N–H and O–H groups in total. The van der Waals surface area contributed by atoms with Crippen LogP contribution < -0.4 is 0 Å². The van der Waals surface area contributed by atoms with Crippen LogP contribution in [-0.2, 0) is 0 Å². The molecule has 0 aliphatic rings. The Balaban J connectivity index is 1.02. The summed E-state index contributed by atoms with van der Waals surface area (Å²) in [4.78, 5) is 15.1. The summed E-state index contributed by atoms with van der Waals surface area (Å²) in [5.74, 6) is 2.00. The van der Waals surface area contributed by atoms with Crippen molar-refractivity contribution in [3.05, 3.63) is 182 Å². The molecule has 12 aromatic rings. The third-order valence-electron chi connectivity index (χ3n) is 11.1. The van der Waals surface area contributed by atoms with Gasteiger partial charge < -0.3 is 4.57 Å². The van der Waals surface area contributed by atoms with E-state index in [0.717, 1.165) is 16.7 Å². The van der Waals surface area contributed by atoms with Crippen molar-refractivity contribution in [1.29, 1.82) is 0 Å². The number of hydrogen-bond donors (Lipinski definition) is 0. The van der Waals surface area contributed by atoms with E-state index in [1.165, 1.54) is 79.0 Å². The Hall–Kier alpha value is -6.99. The summed E-state index contributed by atoms with van der Waals surface area (Å²) in [5.41, 5.74) is 9.04. The number of para-hydroxylation sites is 2. The number of benzene rings is 8. The van der Waals surface area contributed by atoms with Gasteiger partial charge in [-0.2, -0.15) is 0 Å². The first-order valence-electron chi connectivity index (χ1n) is 19.0. The first-order chi connectivity index (χ1) is 28.3. The van der Waals surface area contributed by atoms with Crippen LogP contribution in [0.15, 0.2) is 182 Å². The maximum atomic E-state index is 5.10. The molecule has 57 heavy (non-hydrogen) atoms. The van der Waals surface area contributed by atoms with Crippen molar-refractivity contribution >= 4 is 84.8 Å². The predicted octanol–water partition coefficient (Wildman–Crippen LogP) is 14.4. The van der Waals surface area contributed by atoms with Gasteiger partial charge in [0.2, 0.25) is 0 Å². The zero-order valence-electron chi connectivity index (χ0n) is 30.4. The smallest absolute Gasteiger partial charge is 0.165 e. The van der Waals surface area contributed by atoms with Gasteiger partial charge in [-0.25, -0.2) is 15.0 Å². The van der Waals surface area contributed by atoms with Crippen molar-refractivity contribution < 1.29 is 0 Å². The lowest BCUT2D eigenvalue weighted by atomic mass is 10.0. The van der Waals surface area contributed by atoms with E-state index in [2.05, 4.69) is 150 Å². The van der Waals surface area contributed by atoms with Crippen LogP contribution in [0.3, 0.4) is 0 Å². The predicted molar refractivity (Wildman–Crippen MR) is 242 cm³/mol. The van der Waals surface area contributed by atoms with Crippen LogP contribution in [0, 0.1) is 0 Å². The summed E-state index contributed by atoms with van der Waals surface area (Å²) in [7, 11) is 0. The maximum absolute atomic E-state index is 5.10. The lowest BCUT2D eigenvalue weighted by Crippen LogP contribution is -2.00. The molecular formula is C51H30N4S2. The van der Waals surface area contributed by atoms with Gasteiger partial charge in [0.15, 0.2) is 17.5 Å². The van der Waals surface area contributed by atoms with Crippen molar-refractivity contribution in [1.82, 2.24) is 19.5 Å². The summed E-state index contributed by atoms with van der Waals surface area (Å²) in [5, 5.41) is 7.56. The molecule has 266 valence electrons. The Morgan fingerprint density at radius 1 is 0.333 bits per heavy atom. The van der Waals surface area contributed by atoms with Crippen molar-refractivity contribution in [2.75, 3.05) is 0 Å². The molecule has 4 nitrogen and oxygen atoms in total. The van der Waals surface area contributed by atoms with Crippen LogP contribution in [-0.4, -0.2) is 19.5 Å². The lowest BCUT2D eigenvalue weighted by molar-refractivity contribution is 1.08. The molecule has 6 heteroatoms. The van der Waals surface area contributed by atoms with Gasteiger partial charge in [-0.3, -0.25) is 0 Å². The minimum atomic E-state index is 0.663. The molecule has 4 aromatic heterocycles. The van der Waals surface area contributed by atoms with Gasteiger partial charge in [0.25, 0.3) is 0 Å². The Kier molecular flexibility index (Phi) is 7.24. The maximum Gasteiger partial charge on any atom is 0.165 e. The molecule has 0 spiro atoms. The van der Waals surface area contributed by atoms with Crippen molar-refractivity contribution in [3.8, 4) is 51.0 Å². The van der Waals surface area contributed by atoms with Crippen molar-refractivity contribution in [3.63, 3.8) is 0 Å². The van der Waals surface area contributed by atoms with Gasteiger partial charge in [-0.15, -0.1) is 22.7 Å². The summed E-state index contributed by atoms with van der Waals surface area (Å²) in [6.07, 6.45) is 0. The summed E-state index contributed by atoms with van der Waals surface area (Å²) in [6.45, 7) is 0. The molecular weight excluding hydrogens is 733 g/mol. The lowest BCUT2D eigenvalue weighted by Gasteiger charge is -2.09. The van der Waals surface area contributed by atoms with Crippen LogP contribution in [0.25, 0.3) is 113 Å². The highest BCUT2D eigenvalue weighted by molar-refractivity contribution is 7.27. The van der Waals surface area contributed by atoms with Gasteiger partial charge in [-0.1, -0.05) is 152 Å². The number of hydrogen-bond acceptors (Lipinski definition) is 5. The first-order valence-corrected chi connectivity index (χ1v) is 20.7. The molecule has 0 atom stereocenters. The van der Waals surface area contributed by atoms with Gasteiger partial charge >= 0.3 is 0 Å². The highest BCUT2D eigenvalue weighted by atomic mass is 32.1. The Bertz CT molecular complexity index is 3410. The molecule has 0 aliphatic heterocycles. The zero-order chi connectivity index (χ0) is 37.5. The minimum absolute atomic E-state index is 0.663. The monoisotopic (exact) mass is 762 g/mol. The second-order valence-corrected chi connectivity index (χ2v) is 16.4. The van der Waals surface area contributed by atoms with E-state index in [-0.39, 0.29) is 0 Å². The standard InChI is InChI=1S/C51H30N4S2/c1-3-14-31(15-4-1)49-52-50(32-16-5-2-6-17-32)54-51(53-49)41-24-12-22-40-39-21-11-20-34(46(39)57-47(40)41)33-28-29-37-38-23-13-27-44(48(38)56-45(37)30-33)55-42-25-9-7-18-35(42)36-19-8-10-26-43(36)55/h1-30H. The Morgan fingerprint density at radius 3 is 1.49 bits per heavy atom. The fourth-order valence-electron chi connectivity index (χ4n) is 8.46. The van der Waals surface area contributed by atoms with Crippen LogP contribution in [0.4, 0.5) is 0 Å². The third-order valence-corrected chi connectivity index (χ3v) is 13.6. The number of aromatic nitrogens is 4. The normalized spacial score (nSPS) is 11.9. The Labute approximate surface area is 335 Å². The molecule has 0 amide bonds. The summed E-state index contributed by atoms with van der Waals surface area (Å²) < 4.78 is 7.44. The average Bonchev–Trinajstić information content (AvgIpc) is 3.96.